The SMILES string of the molecule is CC(NC(=O)CCn1nnc2ccccc2c1=O)c1cccc(NC(=O)c2ccccc2)c1. The maximum Gasteiger partial charge on any atom is 0.277 e. The lowest BCUT2D eigenvalue weighted by atomic mass is 10.1. The van der Waals surface area contributed by atoms with Crippen LogP contribution in [0.1, 0.15) is 35.3 Å². The summed E-state index contributed by atoms with van der Waals surface area (Å²) in [5, 5.41) is 14.2. The van der Waals surface area contributed by atoms with E-state index in [0.29, 0.717) is 22.2 Å². The van der Waals surface area contributed by atoms with Crippen LogP contribution in [0.4, 0.5) is 5.69 Å². The number of fused-ring (bicyclic) bond motifs is 1. The summed E-state index contributed by atoms with van der Waals surface area (Å²) in [5.41, 5.74) is 2.30. The van der Waals surface area contributed by atoms with E-state index in [9.17, 15) is 14.4 Å². The highest BCUT2D eigenvalue weighted by Crippen LogP contribution is 2.18. The maximum atomic E-state index is 12.5. The lowest BCUT2D eigenvalue weighted by Gasteiger charge is -2.16. The minimum atomic E-state index is -0.287. The van der Waals surface area contributed by atoms with E-state index in [1.165, 1.54) is 4.68 Å². The van der Waals surface area contributed by atoms with Gasteiger partial charge in [-0.25, -0.2) is 4.68 Å². The van der Waals surface area contributed by atoms with Gasteiger partial charge in [-0.05, 0) is 48.9 Å². The molecule has 4 aromatic rings. The minimum absolute atomic E-state index is 0.0850. The molecular weight excluding hydrogens is 418 g/mol. The van der Waals surface area contributed by atoms with Gasteiger partial charge in [-0.15, -0.1) is 5.10 Å². The summed E-state index contributed by atoms with van der Waals surface area (Å²) in [6, 6.07) is 22.9. The van der Waals surface area contributed by atoms with E-state index in [1.54, 1.807) is 54.6 Å². The average Bonchev–Trinajstić information content (AvgIpc) is 2.84. The smallest absolute Gasteiger partial charge is 0.277 e. The van der Waals surface area contributed by atoms with Gasteiger partial charge in [-0.3, -0.25) is 14.4 Å². The molecule has 33 heavy (non-hydrogen) atoms. The average molecular weight is 441 g/mol. The lowest BCUT2D eigenvalue weighted by Crippen LogP contribution is -2.30. The van der Waals surface area contributed by atoms with E-state index in [4.69, 9.17) is 0 Å². The van der Waals surface area contributed by atoms with Crippen LogP contribution in [0.15, 0.2) is 83.7 Å². The molecule has 0 spiro atoms. The number of anilines is 1. The van der Waals surface area contributed by atoms with Gasteiger partial charge in [-0.2, -0.15) is 0 Å². The number of nitrogens with one attached hydrogen (secondary N) is 2. The Morgan fingerprint density at radius 2 is 1.73 bits per heavy atom. The molecular formula is C25H23N5O3. The molecule has 8 nitrogen and oxygen atoms in total. The Bertz CT molecular complexity index is 1350. The summed E-state index contributed by atoms with van der Waals surface area (Å²) < 4.78 is 1.20. The van der Waals surface area contributed by atoms with Crippen molar-refractivity contribution in [2.75, 3.05) is 5.32 Å². The van der Waals surface area contributed by atoms with Gasteiger partial charge in [-0.1, -0.05) is 47.7 Å². The number of nitrogens with zero attached hydrogens (tertiary/aromatic N) is 3. The zero-order valence-corrected chi connectivity index (χ0v) is 18.1. The van der Waals surface area contributed by atoms with Crippen molar-refractivity contribution in [2.24, 2.45) is 0 Å². The first-order chi connectivity index (χ1) is 16.0. The van der Waals surface area contributed by atoms with Crippen LogP contribution >= 0.6 is 0 Å². The van der Waals surface area contributed by atoms with Crippen molar-refractivity contribution >= 4 is 28.4 Å². The number of aromatic nitrogens is 3. The number of hydrogen-bond donors (Lipinski definition) is 2. The summed E-state index contributed by atoms with van der Waals surface area (Å²) in [5.74, 6) is -0.422. The number of hydrogen-bond acceptors (Lipinski definition) is 5. The number of carbonyl (C=O) groups excluding carboxylic acids is 2. The number of rotatable bonds is 7. The molecule has 0 saturated carbocycles. The third-order valence-corrected chi connectivity index (χ3v) is 5.24. The molecule has 1 heterocycles. The van der Waals surface area contributed by atoms with Gasteiger partial charge < -0.3 is 10.6 Å². The van der Waals surface area contributed by atoms with Crippen LogP contribution in [-0.4, -0.2) is 26.8 Å². The lowest BCUT2D eigenvalue weighted by molar-refractivity contribution is -0.122. The van der Waals surface area contributed by atoms with E-state index in [1.807, 2.05) is 31.2 Å². The molecule has 0 bridgehead atoms. The highest BCUT2D eigenvalue weighted by molar-refractivity contribution is 6.04. The quantitative estimate of drug-likeness (QED) is 0.458. The van der Waals surface area contributed by atoms with Gasteiger partial charge in [0.1, 0.15) is 5.52 Å². The van der Waals surface area contributed by atoms with Gasteiger partial charge >= 0.3 is 0 Å². The van der Waals surface area contributed by atoms with Gasteiger partial charge in [0.2, 0.25) is 5.91 Å². The molecule has 166 valence electrons. The molecule has 4 rings (SSSR count). The van der Waals surface area contributed by atoms with Crippen molar-refractivity contribution in [3.63, 3.8) is 0 Å². The number of aryl methyl sites for hydroxylation is 1. The second-order valence-electron chi connectivity index (χ2n) is 7.62. The minimum Gasteiger partial charge on any atom is -0.350 e. The van der Waals surface area contributed by atoms with Gasteiger partial charge in [0.05, 0.1) is 18.0 Å². The Morgan fingerprint density at radius 3 is 2.55 bits per heavy atom. The van der Waals surface area contributed by atoms with Crippen molar-refractivity contribution in [2.45, 2.75) is 25.9 Å². The number of amides is 2. The molecule has 2 amide bonds. The van der Waals surface area contributed by atoms with E-state index in [2.05, 4.69) is 20.9 Å². The molecule has 0 aliphatic rings. The molecule has 0 saturated heterocycles. The first-order valence-corrected chi connectivity index (χ1v) is 10.6. The number of benzene rings is 3. The molecule has 0 fully saturated rings. The third-order valence-electron chi connectivity index (χ3n) is 5.24. The Labute approximate surface area is 190 Å². The van der Waals surface area contributed by atoms with Crippen LogP contribution in [-0.2, 0) is 11.3 Å². The van der Waals surface area contributed by atoms with E-state index in [0.717, 1.165) is 5.56 Å². The second kappa shape index (κ2) is 9.86. The second-order valence-corrected chi connectivity index (χ2v) is 7.62. The number of carbonyl (C=O) groups is 2. The van der Waals surface area contributed by atoms with Crippen molar-refractivity contribution in [1.29, 1.82) is 0 Å². The zero-order chi connectivity index (χ0) is 23.2. The van der Waals surface area contributed by atoms with Crippen LogP contribution in [0, 0.1) is 0 Å². The van der Waals surface area contributed by atoms with Crippen molar-refractivity contribution in [3.8, 4) is 0 Å². The fourth-order valence-corrected chi connectivity index (χ4v) is 3.45. The zero-order valence-electron chi connectivity index (χ0n) is 18.1. The first kappa shape index (κ1) is 21.9. The van der Waals surface area contributed by atoms with Gasteiger partial charge in [0.25, 0.3) is 11.5 Å². The molecule has 1 aromatic heterocycles. The predicted octanol–water partition coefficient (Wildman–Crippen LogP) is 3.31. The van der Waals surface area contributed by atoms with Crippen molar-refractivity contribution < 1.29 is 9.59 Å². The van der Waals surface area contributed by atoms with E-state index >= 15 is 0 Å². The monoisotopic (exact) mass is 441 g/mol. The topological polar surface area (TPSA) is 106 Å². The third kappa shape index (κ3) is 5.30. The van der Waals surface area contributed by atoms with Crippen LogP contribution < -0.4 is 16.2 Å². The van der Waals surface area contributed by atoms with Gasteiger partial charge in [0, 0.05) is 17.7 Å². The molecule has 0 radical (unpaired) electrons. The molecule has 0 aliphatic heterocycles. The van der Waals surface area contributed by atoms with Crippen LogP contribution in [0.5, 0.6) is 0 Å². The molecule has 1 unspecified atom stereocenters. The normalized spacial score (nSPS) is 11.7. The van der Waals surface area contributed by atoms with Crippen LogP contribution in [0.25, 0.3) is 10.9 Å². The molecule has 8 heteroatoms. The largest absolute Gasteiger partial charge is 0.350 e. The summed E-state index contributed by atoms with van der Waals surface area (Å²) in [7, 11) is 0. The summed E-state index contributed by atoms with van der Waals surface area (Å²) in [6.07, 6.45) is 0.0850. The fourth-order valence-electron chi connectivity index (χ4n) is 3.45. The van der Waals surface area contributed by atoms with E-state index in [-0.39, 0.29) is 36.4 Å². The summed E-state index contributed by atoms with van der Waals surface area (Å²) >= 11 is 0. The fraction of sp³-hybridized carbons (Fsp3) is 0.160. The Hall–Kier alpha value is -4.33. The van der Waals surface area contributed by atoms with Crippen LogP contribution in [0.2, 0.25) is 0 Å². The highest BCUT2D eigenvalue weighted by Gasteiger charge is 2.13. The molecule has 0 aliphatic carbocycles. The Morgan fingerprint density at radius 1 is 0.970 bits per heavy atom. The van der Waals surface area contributed by atoms with Crippen LogP contribution in [0.3, 0.4) is 0 Å². The van der Waals surface area contributed by atoms with Crippen molar-refractivity contribution in [1.82, 2.24) is 20.3 Å². The maximum absolute atomic E-state index is 12.5. The Kier molecular flexibility index (Phi) is 6.54. The van der Waals surface area contributed by atoms with E-state index < -0.39 is 0 Å². The highest BCUT2D eigenvalue weighted by atomic mass is 16.2. The molecule has 3 aromatic carbocycles. The predicted molar refractivity (Wildman–Crippen MR) is 126 cm³/mol. The standard InChI is InChI=1S/C25H23N5O3/c1-17(19-10-7-11-20(16-19)27-24(32)18-8-3-2-4-9-18)26-23(31)14-15-30-25(33)21-12-5-6-13-22(21)28-29-30/h2-13,16-17H,14-15H2,1H3,(H,26,31)(H,27,32). The summed E-state index contributed by atoms with van der Waals surface area (Å²) in [6.45, 7) is 1.99. The first-order valence-electron chi connectivity index (χ1n) is 10.6. The van der Waals surface area contributed by atoms with Crippen molar-refractivity contribution in [3.05, 3.63) is 100 Å². The summed E-state index contributed by atoms with van der Waals surface area (Å²) in [4.78, 5) is 37.4. The Balaban J connectivity index is 1.36. The van der Waals surface area contributed by atoms with Gasteiger partial charge in [0.15, 0.2) is 0 Å². The molecule has 1 atom stereocenters. The molecule has 2 N–H and O–H groups in total.